The quantitative estimate of drug-likeness (QED) is 0.711. The smallest absolute Gasteiger partial charge is 0.281 e. The van der Waals surface area contributed by atoms with E-state index in [0.29, 0.717) is 17.9 Å². The van der Waals surface area contributed by atoms with Crippen molar-refractivity contribution in [2.24, 2.45) is 0 Å². The molecule has 3 aromatic rings. The zero-order valence-electron chi connectivity index (χ0n) is 11.4. The lowest BCUT2D eigenvalue weighted by Gasteiger charge is -2.15. The average molecular weight is 283 g/mol. The van der Waals surface area contributed by atoms with Gasteiger partial charge in [0.2, 0.25) is 0 Å². The summed E-state index contributed by atoms with van der Waals surface area (Å²) in [6.45, 7) is 2.24. The standard InChI is InChI=1S/C14H13N5O2/c1-10(21-11-3-2-4-15-7-11)8-19-9-18-13-12(14(19)20)16-5-6-17-13/h2-7,9-10H,8H2,1H3/t10-/m1/s1. The first kappa shape index (κ1) is 13.2. The highest BCUT2D eigenvalue weighted by atomic mass is 16.5. The second kappa shape index (κ2) is 5.66. The molecular weight excluding hydrogens is 270 g/mol. The van der Waals surface area contributed by atoms with Gasteiger partial charge in [0, 0.05) is 18.6 Å². The molecule has 0 radical (unpaired) electrons. The van der Waals surface area contributed by atoms with Crippen molar-refractivity contribution in [1.29, 1.82) is 0 Å². The second-order valence-corrected chi connectivity index (χ2v) is 4.55. The summed E-state index contributed by atoms with van der Waals surface area (Å²) in [6, 6.07) is 3.61. The highest BCUT2D eigenvalue weighted by molar-refractivity contribution is 5.66. The van der Waals surface area contributed by atoms with E-state index in [1.807, 2.05) is 13.0 Å². The van der Waals surface area contributed by atoms with Crippen molar-refractivity contribution in [3.8, 4) is 5.75 Å². The van der Waals surface area contributed by atoms with Crippen LogP contribution in [0.5, 0.6) is 5.75 Å². The highest BCUT2D eigenvalue weighted by Crippen LogP contribution is 2.09. The lowest BCUT2D eigenvalue weighted by atomic mass is 10.3. The van der Waals surface area contributed by atoms with Gasteiger partial charge in [-0.05, 0) is 19.1 Å². The lowest BCUT2D eigenvalue weighted by molar-refractivity contribution is 0.197. The van der Waals surface area contributed by atoms with Crippen molar-refractivity contribution in [2.75, 3.05) is 0 Å². The van der Waals surface area contributed by atoms with E-state index < -0.39 is 0 Å². The maximum Gasteiger partial charge on any atom is 0.281 e. The van der Waals surface area contributed by atoms with Crippen molar-refractivity contribution in [2.45, 2.75) is 19.6 Å². The minimum atomic E-state index is -0.227. The van der Waals surface area contributed by atoms with Crippen LogP contribution in [-0.2, 0) is 6.54 Å². The molecule has 3 heterocycles. The van der Waals surface area contributed by atoms with Gasteiger partial charge in [0.1, 0.15) is 18.2 Å². The minimum Gasteiger partial charge on any atom is -0.487 e. The number of pyridine rings is 1. The van der Waals surface area contributed by atoms with Crippen LogP contribution in [0.1, 0.15) is 6.92 Å². The van der Waals surface area contributed by atoms with Crippen molar-refractivity contribution in [1.82, 2.24) is 24.5 Å². The van der Waals surface area contributed by atoms with Gasteiger partial charge >= 0.3 is 0 Å². The lowest BCUT2D eigenvalue weighted by Crippen LogP contribution is -2.29. The summed E-state index contributed by atoms with van der Waals surface area (Å²) in [6.07, 6.45) is 7.54. The predicted octanol–water partition coefficient (Wildman–Crippen LogP) is 1.05. The zero-order valence-corrected chi connectivity index (χ0v) is 11.4. The van der Waals surface area contributed by atoms with Gasteiger partial charge in [-0.25, -0.2) is 15.0 Å². The van der Waals surface area contributed by atoms with Crippen molar-refractivity contribution >= 4 is 11.2 Å². The number of nitrogens with zero attached hydrogens (tertiary/aromatic N) is 5. The molecule has 0 aliphatic rings. The molecule has 106 valence electrons. The van der Waals surface area contributed by atoms with E-state index in [1.54, 1.807) is 18.5 Å². The Morgan fingerprint density at radius 1 is 1.24 bits per heavy atom. The number of rotatable bonds is 4. The van der Waals surface area contributed by atoms with Crippen LogP contribution < -0.4 is 10.3 Å². The van der Waals surface area contributed by atoms with Crippen LogP contribution in [0.15, 0.2) is 48.0 Å². The number of aromatic nitrogens is 5. The Labute approximate surface area is 120 Å². The fourth-order valence-corrected chi connectivity index (χ4v) is 1.98. The molecule has 7 nitrogen and oxygen atoms in total. The third-order valence-corrected chi connectivity index (χ3v) is 2.89. The molecule has 1 atom stereocenters. The summed E-state index contributed by atoms with van der Waals surface area (Å²) in [4.78, 5) is 28.4. The summed E-state index contributed by atoms with van der Waals surface area (Å²) < 4.78 is 7.17. The van der Waals surface area contributed by atoms with Crippen LogP contribution in [-0.4, -0.2) is 30.6 Å². The molecule has 0 aromatic carbocycles. The fraction of sp³-hybridized carbons (Fsp3) is 0.214. The summed E-state index contributed by atoms with van der Waals surface area (Å²) in [5.41, 5.74) is 0.378. The summed E-state index contributed by atoms with van der Waals surface area (Å²) in [5, 5.41) is 0. The first-order valence-electron chi connectivity index (χ1n) is 6.47. The van der Waals surface area contributed by atoms with Gasteiger partial charge in [0.05, 0.1) is 12.7 Å². The van der Waals surface area contributed by atoms with Gasteiger partial charge in [0.15, 0.2) is 11.2 Å². The van der Waals surface area contributed by atoms with E-state index in [9.17, 15) is 4.79 Å². The van der Waals surface area contributed by atoms with Crippen molar-refractivity contribution < 1.29 is 4.74 Å². The zero-order chi connectivity index (χ0) is 14.7. The molecule has 0 N–H and O–H groups in total. The van der Waals surface area contributed by atoms with Gasteiger partial charge < -0.3 is 4.74 Å². The Balaban J connectivity index is 1.82. The van der Waals surface area contributed by atoms with E-state index in [-0.39, 0.29) is 17.2 Å². The van der Waals surface area contributed by atoms with Crippen molar-refractivity contribution in [3.05, 3.63) is 53.6 Å². The van der Waals surface area contributed by atoms with Gasteiger partial charge in [-0.15, -0.1) is 0 Å². The molecule has 0 bridgehead atoms. The van der Waals surface area contributed by atoms with Crippen LogP contribution in [0.25, 0.3) is 11.2 Å². The maximum absolute atomic E-state index is 12.3. The van der Waals surface area contributed by atoms with E-state index >= 15 is 0 Å². The molecule has 21 heavy (non-hydrogen) atoms. The van der Waals surface area contributed by atoms with E-state index in [0.717, 1.165) is 0 Å². The topological polar surface area (TPSA) is 82.8 Å². The molecule has 0 fully saturated rings. The summed E-state index contributed by atoms with van der Waals surface area (Å²) in [7, 11) is 0. The summed E-state index contributed by atoms with van der Waals surface area (Å²) in [5.74, 6) is 0.659. The maximum atomic E-state index is 12.3. The van der Waals surface area contributed by atoms with Crippen LogP contribution in [0.2, 0.25) is 0 Å². The Kier molecular flexibility index (Phi) is 3.55. The predicted molar refractivity (Wildman–Crippen MR) is 75.9 cm³/mol. The average Bonchev–Trinajstić information content (AvgIpc) is 2.51. The molecule has 0 spiro atoms. The first-order chi connectivity index (χ1) is 10.2. The van der Waals surface area contributed by atoms with Crippen LogP contribution in [0.3, 0.4) is 0 Å². The normalized spacial score (nSPS) is 12.2. The van der Waals surface area contributed by atoms with E-state index in [2.05, 4.69) is 19.9 Å². The van der Waals surface area contributed by atoms with Gasteiger partial charge in [-0.2, -0.15) is 0 Å². The van der Waals surface area contributed by atoms with E-state index in [4.69, 9.17) is 4.74 Å². The monoisotopic (exact) mass is 283 g/mol. The molecule has 0 unspecified atom stereocenters. The van der Waals surface area contributed by atoms with Gasteiger partial charge in [-0.3, -0.25) is 14.3 Å². The third-order valence-electron chi connectivity index (χ3n) is 2.89. The fourth-order valence-electron chi connectivity index (χ4n) is 1.98. The molecular formula is C14H13N5O2. The molecule has 7 heteroatoms. The molecule has 0 aliphatic carbocycles. The molecule has 0 aliphatic heterocycles. The van der Waals surface area contributed by atoms with Crippen molar-refractivity contribution in [3.63, 3.8) is 0 Å². The number of fused-ring (bicyclic) bond motifs is 1. The second-order valence-electron chi connectivity index (χ2n) is 4.55. The molecule has 3 aromatic heterocycles. The Morgan fingerprint density at radius 2 is 2.10 bits per heavy atom. The largest absolute Gasteiger partial charge is 0.487 e. The number of hydrogen-bond acceptors (Lipinski definition) is 6. The SMILES string of the molecule is C[C@H](Cn1cnc2nccnc2c1=O)Oc1cccnc1. The Bertz CT molecular complexity index is 803. The third kappa shape index (κ3) is 2.86. The number of ether oxygens (including phenoxy) is 1. The molecule has 0 saturated carbocycles. The molecule has 0 saturated heterocycles. The Morgan fingerprint density at radius 3 is 2.90 bits per heavy atom. The van der Waals surface area contributed by atoms with Crippen LogP contribution >= 0.6 is 0 Å². The van der Waals surface area contributed by atoms with Crippen LogP contribution in [0, 0.1) is 0 Å². The Hall–Kier alpha value is -2.83. The first-order valence-corrected chi connectivity index (χ1v) is 6.47. The van der Waals surface area contributed by atoms with Gasteiger partial charge in [0.25, 0.3) is 5.56 Å². The minimum absolute atomic E-state index is 0.206. The van der Waals surface area contributed by atoms with Gasteiger partial charge in [-0.1, -0.05) is 0 Å². The van der Waals surface area contributed by atoms with E-state index in [1.165, 1.54) is 23.3 Å². The highest BCUT2D eigenvalue weighted by Gasteiger charge is 2.10. The molecule has 3 rings (SSSR count). The molecule has 0 amide bonds. The summed E-state index contributed by atoms with van der Waals surface area (Å²) >= 11 is 0. The number of hydrogen-bond donors (Lipinski definition) is 0. The van der Waals surface area contributed by atoms with Crippen LogP contribution in [0.4, 0.5) is 0 Å².